The first-order valence-corrected chi connectivity index (χ1v) is 8.99. The number of esters is 3. The highest BCUT2D eigenvalue weighted by Crippen LogP contribution is 2.44. The van der Waals surface area contributed by atoms with Gasteiger partial charge in [-0.05, 0) is 6.92 Å². The molecule has 1 aliphatic rings. The van der Waals surface area contributed by atoms with E-state index in [9.17, 15) is 24.0 Å². The first-order valence-electron chi connectivity index (χ1n) is 8.05. The third-order valence-corrected chi connectivity index (χ3v) is 5.29. The highest BCUT2D eigenvalue weighted by Gasteiger charge is 2.50. The second kappa shape index (κ2) is 8.42. The van der Waals surface area contributed by atoms with Gasteiger partial charge in [-0.15, -0.1) is 11.8 Å². The third kappa shape index (κ3) is 5.00. The number of ether oxygens (including phenoxy) is 3. The van der Waals surface area contributed by atoms with Crippen LogP contribution in [-0.2, 0) is 28.6 Å². The van der Waals surface area contributed by atoms with Crippen LogP contribution < -0.4 is 11.2 Å². The fourth-order valence-corrected chi connectivity index (χ4v) is 4.22. The molecule has 0 radical (unpaired) electrons. The molecular weight excluding hydrogens is 380 g/mol. The van der Waals surface area contributed by atoms with Gasteiger partial charge in [0.25, 0.3) is 5.56 Å². The second-order valence-corrected chi connectivity index (χ2v) is 7.36. The van der Waals surface area contributed by atoms with E-state index >= 15 is 0 Å². The van der Waals surface area contributed by atoms with E-state index in [-0.39, 0.29) is 12.2 Å². The van der Waals surface area contributed by atoms with Crippen LogP contribution in [0.25, 0.3) is 0 Å². The van der Waals surface area contributed by atoms with Crippen LogP contribution in [0.1, 0.15) is 31.7 Å². The number of aryl methyl sites for hydroxylation is 1. The molecule has 1 aromatic rings. The molecule has 2 heterocycles. The first-order chi connectivity index (χ1) is 12.6. The lowest BCUT2D eigenvalue weighted by atomic mass is 10.1. The molecule has 1 aliphatic heterocycles. The van der Waals surface area contributed by atoms with Crippen molar-refractivity contribution in [2.45, 2.75) is 50.5 Å². The van der Waals surface area contributed by atoms with E-state index in [1.807, 2.05) is 0 Å². The summed E-state index contributed by atoms with van der Waals surface area (Å²) in [5, 5.41) is -1.37. The maximum absolute atomic E-state index is 12.3. The maximum atomic E-state index is 12.3. The third-order valence-electron chi connectivity index (χ3n) is 3.76. The Labute approximate surface area is 158 Å². The Kier molecular flexibility index (Phi) is 6.47. The molecule has 1 fully saturated rings. The average Bonchev–Trinajstić information content (AvgIpc) is 2.85. The van der Waals surface area contributed by atoms with Crippen LogP contribution in [0.15, 0.2) is 15.8 Å². The van der Waals surface area contributed by atoms with Gasteiger partial charge in [0.2, 0.25) is 0 Å². The quantitative estimate of drug-likeness (QED) is 0.530. The number of H-pyrrole nitrogens is 1. The molecule has 10 nitrogen and oxygen atoms in total. The number of hydrogen-bond donors (Lipinski definition) is 1. The molecule has 0 unspecified atom stereocenters. The molecule has 0 bridgehead atoms. The topological polar surface area (TPSA) is 134 Å². The van der Waals surface area contributed by atoms with Crippen molar-refractivity contribution in [1.29, 1.82) is 0 Å². The minimum absolute atomic E-state index is 0.108. The van der Waals surface area contributed by atoms with Gasteiger partial charge in [-0.2, -0.15) is 0 Å². The van der Waals surface area contributed by atoms with E-state index in [1.165, 1.54) is 38.5 Å². The summed E-state index contributed by atoms with van der Waals surface area (Å²) in [4.78, 5) is 60.4. The zero-order valence-corrected chi connectivity index (χ0v) is 16.0. The summed E-state index contributed by atoms with van der Waals surface area (Å²) in [6.07, 6.45) is -0.617. The SMILES string of the molecule is CC(=O)OC[C@@H]1S[C@@H](n2cc(C)c(=O)[nH]c2=O)[C@@H](OC(C)=O)[C@H]1OC(C)=O. The Balaban J connectivity index is 2.47. The van der Waals surface area contributed by atoms with Crippen molar-refractivity contribution in [2.75, 3.05) is 6.61 Å². The zero-order chi connectivity index (χ0) is 20.3. The molecule has 11 heteroatoms. The minimum Gasteiger partial charge on any atom is -0.465 e. The fourth-order valence-electron chi connectivity index (χ4n) is 2.69. The first kappa shape index (κ1) is 20.7. The van der Waals surface area contributed by atoms with Crippen LogP contribution in [-0.4, -0.2) is 51.5 Å². The van der Waals surface area contributed by atoms with Crippen LogP contribution >= 0.6 is 11.8 Å². The molecule has 0 aliphatic carbocycles. The standard InChI is InChI=1S/C16H20N2O8S/c1-7-5-18(16(23)17-14(7)22)15-13(26-10(4)21)12(25-9(3)20)11(27-15)6-24-8(2)19/h5,11-13,15H,6H2,1-4H3,(H,17,22,23)/t11-,12-,13-,15+/m0/s1. The van der Waals surface area contributed by atoms with Gasteiger partial charge in [-0.1, -0.05) is 0 Å². The summed E-state index contributed by atoms with van der Waals surface area (Å²) in [5.74, 6) is -1.77. The molecule has 27 heavy (non-hydrogen) atoms. The van der Waals surface area contributed by atoms with Gasteiger partial charge in [0.1, 0.15) is 12.0 Å². The molecule has 1 aromatic heterocycles. The van der Waals surface area contributed by atoms with Crippen molar-refractivity contribution in [1.82, 2.24) is 9.55 Å². The lowest BCUT2D eigenvalue weighted by Crippen LogP contribution is -2.42. The largest absolute Gasteiger partial charge is 0.465 e. The van der Waals surface area contributed by atoms with E-state index < -0.39 is 52.0 Å². The number of hydrogen-bond acceptors (Lipinski definition) is 9. The number of thioether (sulfide) groups is 1. The van der Waals surface area contributed by atoms with Crippen LogP contribution in [0.3, 0.4) is 0 Å². The summed E-state index contributed by atoms with van der Waals surface area (Å²) < 4.78 is 16.8. The number of carbonyl (C=O) groups excluding carboxylic acids is 3. The van der Waals surface area contributed by atoms with Gasteiger partial charge < -0.3 is 14.2 Å². The molecule has 0 saturated carbocycles. The summed E-state index contributed by atoms with van der Waals surface area (Å²) in [6, 6.07) is 0. The molecule has 0 spiro atoms. The number of rotatable bonds is 5. The number of carbonyl (C=O) groups is 3. The van der Waals surface area contributed by atoms with Gasteiger partial charge in [0.05, 0.1) is 5.25 Å². The van der Waals surface area contributed by atoms with Crippen LogP contribution in [0.4, 0.5) is 0 Å². The summed E-state index contributed by atoms with van der Waals surface area (Å²) in [6.45, 7) is 5.03. The van der Waals surface area contributed by atoms with Gasteiger partial charge >= 0.3 is 23.6 Å². The lowest BCUT2D eigenvalue weighted by Gasteiger charge is -2.25. The van der Waals surface area contributed by atoms with E-state index in [0.717, 1.165) is 11.8 Å². The fraction of sp³-hybridized carbons (Fsp3) is 0.562. The van der Waals surface area contributed by atoms with Gasteiger partial charge in [-0.3, -0.25) is 28.7 Å². The number of nitrogens with zero attached hydrogens (tertiary/aromatic N) is 1. The van der Waals surface area contributed by atoms with E-state index in [0.29, 0.717) is 0 Å². The summed E-state index contributed by atoms with van der Waals surface area (Å²) >= 11 is 1.14. The molecule has 4 atom stereocenters. The Morgan fingerprint density at radius 1 is 1.07 bits per heavy atom. The number of nitrogens with one attached hydrogen (secondary N) is 1. The van der Waals surface area contributed by atoms with Gasteiger partial charge in [-0.25, -0.2) is 4.79 Å². The lowest BCUT2D eigenvalue weighted by molar-refractivity contribution is -0.166. The minimum atomic E-state index is -1.01. The van der Waals surface area contributed by atoms with Crippen LogP contribution in [0, 0.1) is 6.92 Å². The van der Waals surface area contributed by atoms with Crippen LogP contribution in [0.2, 0.25) is 0 Å². The monoisotopic (exact) mass is 400 g/mol. The van der Waals surface area contributed by atoms with Crippen molar-refractivity contribution in [2.24, 2.45) is 0 Å². The van der Waals surface area contributed by atoms with Crippen molar-refractivity contribution in [3.05, 3.63) is 32.6 Å². The van der Waals surface area contributed by atoms with E-state index in [2.05, 4.69) is 4.98 Å². The number of aromatic amines is 1. The highest BCUT2D eigenvalue weighted by atomic mass is 32.2. The Morgan fingerprint density at radius 3 is 2.22 bits per heavy atom. The highest BCUT2D eigenvalue weighted by molar-refractivity contribution is 8.00. The molecule has 1 N–H and O–H groups in total. The van der Waals surface area contributed by atoms with Gasteiger partial charge in [0.15, 0.2) is 12.2 Å². The van der Waals surface area contributed by atoms with Crippen molar-refractivity contribution < 1.29 is 28.6 Å². The smallest absolute Gasteiger partial charge is 0.329 e. The molecule has 2 rings (SSSR count). The molecule has 1 saturated heterocycles. The Morgan fingerprint density at radius 2 is 1.67 bits per heavy atom. The summed E-state index contributed by atoms with van der Waals surface area (Å²) in [5.41, 5.74) is -0.949. The predicted molar refractivity (Wildman–Crippen MR) is 94.2 cm³/mol. The predicted octanol–water partition coefficient (Wildman–Crippen LogP) is -0.114. The van der Waals surface area contributed by atoms with E-state index in [4.69, 9.17) is 14.2 Å². The molecule has 148 valence electrons. The normalized spacial score (nSPS) is 24.3. The maximum Gasteiger partial charge on any atom is 0.329 e. The van der Waals surface area contributed by atoms with E-state index in [1.54, 1.807) is 0 Å². The summed E-state index contributed by atoms with van der Waals surface area (Å²) in [7, 11) is 0. The Bertz CT molecular complexity index is 861. The van der Waals surface area contributed by atoms with Crippen molar-refractivity contribution in [3.63, 3.8) is 0 Å². The van der Waals surface area contributed by atoms with Gasteiger partial charge in [0, 0.05) is 32.5 Å². The van der Waals surface area contributed by atoms with Crippen LogP contribution in [0.5, 0.6) is 0 Å². The number of aromatic nitrogens is 2. The molecule has 0 aromatic carbocycles. The molecular formula is C16H20N2O8S. The molecule has 0 amide bonds. The second-order valence-electron chi connectivity index (χ2n) is 5.99. The zero-order valence-electron chi connectivity index (χ0n) is 15.2. The average molecular weight is 400 g/mol. The van der Waals surface area contributed by atoms with Crippen molar-refractivity contribution in [3.8, 4) is 0 Å². The Hall–Kier alpha value is -2.56. The van der Waals surface area contributed by atoms with Crippen molar-refractivity contribution >= 4 is 29.7 Å².